The van der Waals surface area contributed by atoms with Gasteiger partial charge in [0.2, 0.25) is 4.96 Å². The Morgan fingerprint density at radius 2 is 2.00 bits per heavy atom. The summed E-state index contributed by atoms with van der Waals surface area (Å²) in [6, 6.07) is 11.4. The summed E-state index contributed by atoms with van der Waals surface area (Å²) in [6.45, 7) is 3.80. The first-order valence-electron chi connectivity index (χ1n) is 9.43. The van der Waals surface area contributed by atoms with E-state index in [4.69, 9.17) is 4.74 Å². The van der Waals surface area contributed by atoms with E-state index in [0.29, 0.717) is 21.2 Å². The number of esters is 1. The Balaban J connectivity index is 1.50. The number of amides is 1. The number of rotatable bonds is 6. The van der Waals surface area contributed by atoms with Crippen LogP contribution in [0.4, 0.5) is 5.69 Å². The van der Waals surface area contributed by atoms with Crippen molar-refractivity contribution in [3.8, 4) is 0 Å². The molecule has 0 saturated heterocycles. The van der Waals surface area contributed by atoms with Gasteiger partial charge in [0, 0.05) is 12.0 Å². The third-order valence-corrected chi connectivity index (χ3v) is 6.38. The molecule has 1 N–H and O–H groups in total. The number of ether oxygens (including phenoxy) is 1. The Morgan fingerprint density at radius 1 is 1.19 bits per heavy atom. The number of nitrogens with zero attached hydrogens (tertiary/aromatic N) is 3. The van der Waals surface area contributed by atoms with Crippen LogP contribution in [0.25, 0.3) is 4.96 Å². The molecule has 0 fully saturated rings. The van der Waals surface area contributed by atoms with E-state index in [-0.39, 0.29) is 29.6 Å². The SMILES string of the molecule is CC(C)c1nn2c(=O)cc(COC(=O)c3ccccc3NC(=O)c3cccs3)nc2s1. The molecule has 8 nitrogen and oxygen atoms in total. The Morgan fingerprint density at radius 3 is 2.74 bits per heavy atom. The number of benzene rings is 1. The quantitative estimate of drug-likeness (QED) is 0.443. The van der Waals surface area contributed by atoms with Crippen molar-refractivity contribution in [2.24, 2.45) is 0 Å². The second-order valence-electron chi connectivity index (χ2n) is 6.93. The number of para-hydroxylation sites is 1. The number of carbonyl (C=O) groups excluding carboxylic acids is 2. The molecule has 0 bridgehead atoms. The van der Waals surface area contributed by atoms with E-state index < -0.39 is 5.97 Å². The zero-order valence-corrected chi connectivity index (χ0v) is 18.3. The summed E-state index contributed by atoms with van der Waals surface area (Å²) >= 11 is 2.63. The predicted molar refractivity (Wildman–Crippen MR) is 119 cm³/mol. The highest BCUT2D eigenvalue weighted by molar-refractivity contribution is 7.16. The molecule has 3 heterocycles. The van der Waals surface area contributed by atoms with Gasteiger partial charge < -0.3 is 10.1 Å². The van der Waals surface area contributed by atoms with Crippen molar-refractivity contribution in [1.29, 1.82) is 0 Å². The molecule has 31 heavy (non-hydrogen) atoms. The van der Waals surface area contributed by atoms with Crippen LogP contribution in [-0.4, -0.2) is 26.5 Å². The Kier molecular flexibility index (Phi) is 5.92. The highest BCUT2D eigenvalue weighted by Crippen LogP contribution is 2.21. The molecule has 0 atom stereocenters. The van der Waals surface area contributed by atoms with Gasteiger partial charge in [0.25, 0.3) is 11.5 Å². The molecular weight excluding hydrogens is 436 g/mol. The third-order valence-electron chi connectivity index (χ3n) is 4.30. The summed E-state index contributed by atoms with van der Waals surface area (Å²) in [4.78, 5) is 42.7. The normalized spacial score (nSPS) is 11.1. The van der Waals surface area contributed by atoms with Crippen molar-refractivity contribution in [1.82, 2.24) is 14.6 Å². The molecule has 0 saturated carbocycles. The fraction of sp³-hybridized carbons (Fsp3) is 0.190. The second kappa shape index (κ2) is 8.78. The average molecular weight is 455 g/mol. The van der Waals surface area contributed by atoms with E-state index in [1.54, 1.807) is 41.8 Å². The minimum Gasteiger partial charge on any atom is -0.456 e. The van der Waals surface area contributed by atoms with E-state index in [0.717, 1.165) is 5.01 Å². The standard InChI is InChI=1S/C21H18N4O4S2/c1-12(2)19-24-25-17(26)10-13(22-21(25)31-19)11-29-20(28)14-6-3-4-7-15(14)23-18(27)16-8-5-9-30-16/h3-10,12H,11H2,1-2H3,(H,23,27). The van der Waals surface area contributed by atoms with Gasteiger partial charge in [-0.3, -0.25) is 9.59 Å². The van der Waals surface area contributed by atoms with Gasteiger partial charge in [0.1, 0.15) is 11.6 Å². The molecule has 0 aliphatic rings. The molecule has 0 aliphatic carbocycles. The maximum atomic E-state index is 12.7. The lowest BCUT2D eigenvalue weighted by atomic mass is 10.1. The number of fused-ring (bicyclic) bond motifs is 1. The summed E-state index contributed by atoms with van der Waals surface area (Å²) in [5.74, 6) is -0.758. The zero-order chi connectivity index (χ0) is 22.0. The van der Waals surface area contributed by atoms with Crippen LogP contribution in [-0.2, 0) is 11.3 Å². The zero-order valence-electron chi connectivity index (χ0n) is 16.7. The number of aromatic nitrogens is 3. The van der Waals surface area contributed by atoms with Gasteiger partial charge in [-0.15, -0.1) is 11.3 Å². The topological polar surface area (TPSA) is 103 Å². The van der Waals surface area contributed by atoms with Gasteiger partial charge >= 0.3 is 5.97 Å². The van der Waals surface area contributed by atoms with E-state index in [1.807, 2.05) is 13.8 Å². The molecule has 1 amide bonds. The molecule has 4 aromatic rings. The maximum absolute atomic E-state index is 12.7. The van der Waals surface area contributed by atoms with Crippen molar-refractivity contribution in [3.63, 3.8) is 0 Å². The highest BCUT2D eigenvalue weighted by Gasteiger charge is 2.17. The van der Waals surface area contributed by atoms with Gasteiger partial charge in [-0.05, 0) is 23.6 Å². The highest BCUT2D eigenvalue weighted by atomic mass is 32.1. The maximum Gasteiger partial charge on any atom is 0.340 e. The lowest BCUT2D eigenvalue weighted by Crippen LogP contribution is -2.17. The van der Waals surface area contributed by atoms with Crippen LogP contribution in [0.2, 0.25) is 0 Å². The second-order valence-corrected chi connectivity index (χ2v) is 8.86. The molecular formula is C21H18N4O4S2. The van der Waals surface area contributed by atoms with E-state index in [9.17, 15) is 14.4 Å². The third kappa shape index (κ3) is 4.54. The molecule has 0 unspecified atom stereocenters. The molecule has 10 heteroatoms. The van der Waals surface area contributed by atoms with Crippen LogP contribution < -0.4 is 10.9 Å². The summed E-state index contributed by atoms with van der Waals surface area (Å²) in [5, 5.41) is 9.60. The molecule has 1 aromatic carbocycles. The lowest BCUT2D eigenvalue weighted by molar-refractivity contribution is 0.0469. The van der Waals surface area contributed by atoms with Gasteiger partial charge in [-0.1, -0.05) is 43.4 Å². The summed E-state index contributed by atoms with van der Waals surface area (Å²) in [7, 11) is 0. The van der Waals surface area contributed by atoms with Crippen LogP contribution in [0.5, 0.6) is 0 Å². The molecule has 0 radical (unpaired) electrons. The molecule has 158 valence electrons. The van der Waals surface area contributed by atoms with Crippen molar-refractivity contribution in [3.05, 3.63) is 79.3 Å². The van der Waals surface area contributed by atoms with Crippen LogP contribution in [0, 0.1) is 0 Å². The van der Waals surface area contributed by atoms with Crippen LogP contribution in [0.15, 0.2) is 52.6 Å². The average Bonchev–Trinajstić information content (AvgIpc) is 3.43. The molecule has 3 aromatic heterocycles. The first kappa shape index (κ1) is 20.9. The number of nitrogens with one attached hydrogen (secondary N) is 1. The van der Waals surface area contributed by atoms with Crippen LogP contribution in [0.1, 0.15) is 50.5 Å². The van der Waals surface area contributed by atoms with Crippen molar-refractivity contribution in [2.45, 2.75) is 26.4 Å². The summed E-state index contributed by atoms with van der Waals surface area (Å²) in [6.07, 6.45) is 0. The Bertz CT molecular complexity index is 1310. The van der Waals surface area contributed by atoms with E-state index in [2.05, 4.69) is 15.4 Å². The van der Waals surface area contributed by atoms with Crippen molar-refractivity contribution >= 4 is 45.2 Å². The van der Waals surface area contributed by atoms with Crippen LogP contribution >= 0.6 is 22.7 Å². The van der Waals surface area contributed by atoms with Crippen LogP contribution in [0.3, 0.4) is 0 Å². The number of hydrogen-bond acceptors (Lipinski definition) is 8. The fourth-order valence-electron chi connectivity index (χ4n) is 2.76. The predicted octanol–water partition coefficient (Wildman–Crippen LogP) is 3.95. The number of anilines is 1. The molecule has 0 spiro atoms. The Hall–Kier alpha value is -3.37. The van der Waals surface area contributed by atoms with E-state index in [1.165, 1.54) is 33.3 Å². The lowest BCUT2D eigenvalue weighted by Gasteiger charge is -2.10. The number of hydrogen-bond donors (Lipinski definition) is 1. The fourth-order valence-corrected chi connectivity index (χ4v) is 4.30. The van der Waals surface area contributed by atoms with Gasteiger partial charge in [0.15, 0.2) is 0 Å². The first-order valence-corrected chi connectivity index (χ1v) is 11.1. The van der Waals surface area contributed by atoms with Gasteiger partial charge in [0.05, 0.1) is 21.8 Å². The minimum absolute atomic E-state index is 0.174. The van der Waals surface area contributed by atoms with Crippen molar-refractivity contribution in [2.75, 3.05) is 5.32 Å². The summed E-state index contributed by atoms with van der Waals surface area (Å²) in [5.41, 5.74) is 0.559. The van der Waals surface area contributed by atoms with Gasteiger partial charge in [-0.2, -0.15) is 9.61 Å². The van der Waals surface area contributed by atoms with Crippen molar-refractivity contribution < 1.29 is 14.3 Å². The monoisotopic (exact) mass is 454 g/mol. The molecule has 4 rings (SSSR count). The minimum atomic E-state index is -0.628. The number of carbonyl (C=O) groups is 2. The van der Waals surface area contributed by atoms with E-state index >= 15 is 0 Å². The number of thiophene rings is 1. The largest absolute Gasteiger partial charge is 0.456 e. The summed E-state index contributed by atoms with van der Waals surface area (Å²) < 4.78 is 6.62. The Labute approximate surface area is 185 Å². The van der Waals surface area contributed by atoms with Gasteiger partial charge in [-0.25, -0.2) is 9.78 Å². The first-order chi connectivity index (χ1) is 14.9. The molecule has 0 aliphatic heterocycles. The smallest absolute Gasteiger partial charge is 0.340 e.